The zero-order chi connectivity index (χ0) is 9.97. The van der Waals surface area contributed by atoms with Gasteiger partial charge in [-0.05, 0) is 37.5 Å². The maximum absolute atomic E-state index is 3.88. The van der Waals surface area contributed by atoms with Crippen LogP contribution in [-0.2, 0) is 0 Å². The molecule has 0 amide bonds. The molecule has 0 saturated heterocycles. The Bertz CT molecular complexity index is 172. The van der Waals surface area contributed by atoms with Crippen LogP contribution in [0.2, 0.25) is 0 Å². The van der Waals surface area contributed by atoms with Gasteiger partial charge in [0.05, 0.1) is 0 Å². The second-order valence-corrected chi connectivity index (χ2v) is 5.66. The van der Waals surface area contributed by atoms with Gasteiger partial charge in [0.1, 0.15) is 0 Å². The third kappa shape index (κ3) is 2.50. The van der Waals surface area contributed by atoms with Gasteiger partial charge in [0, 0.05) is 12.1 Å². The van der Waals surface area contributed by atoms with Gasteiger partial charge in [0.15, 0.2) is 0 Å². The number of nitrogens with one attached hydrogen (secondary N) is 1. The first-order valence-corrected chi connectivity index (χ1v) is 6.51. The molecule has 0 aliphatic heterocycles. The van der Waals surface area contributed by atoms with Gasteiger partial charge in [-0.15, -0.1) is 0 Å². The molecule has 2 unspecified atom stereocenters. The molecule has 1 heteroatoms. The van der Waals surface area contributed by atoms with Crippen LogP contribution in [-0.4, -0.2) is 12.1 Å². The third-order valence-electron chi connectivity index (χ3n) is 4.19. The molecule has 82 valence electrons. The van der Waals surface area contributed by atoms with Crippen LogP contribution in [0, 0.1) is 11.8 Å². The molecule has 0 aromatic carbocycles. The normalized spacial score (nSPS) is 44.1. The van der Waals surface area contributed by atoms with E-state index in [-0.39, 0.29) is 0 Å². The molecular formula is C13H25N. The number of rotatable bonds is 2. The maximum atomic E-state index is 3.88. The Balaban J connectivity index is 1.77. The van der Waals surface area contributed by atoms with E-state index in [2.05, 4.69) is 19.2 Å². The average Bonchev–Trinajstić information content (AvgIpc) is 2.29. The molecule has 1 N–H and O–H groups in total. The second kappa shape index (κ2) is 4.65. The van der Waals surface area contributed by atoms with Crippen molar-refractivity contribution in [1.82, 2.24) is 5.32 Å². The minimum atomic E-state index is 0.829. The van der Waals surface area contributed by atoms with E-state index in [9.17, 15) is 0 Å². The minimum absolute atomic E-state index is 0.829. The molecule has 2 saturated carbocycles. The van der Waals surface area contributed by atoms with Crippen molar-refractivity contribution in [2.75, 3.05) is 0 Å². The Kier molecular flexibility index (Phi) is 3.48. The lowest BCUT2D eigenvalue weighted by Gasteiger charge is -2.38. The van der Waals surface area contributed by atoms with Crippen LogP contribution in [0.15, 0.2) is 0 Å². The van der Waals surface area contributed by atoms with E-state index in [0.29, 0.717) is 0 Å². The predicted octanol–water partition coefficient (Wildman–Crippen LogP) is 3.34. The highest BCUT2D eigenvalue weighted by Crippen LogP contribution is 2.30. The van der Waals surface area contributed by atoms with E-state index < -0.39 is 0 Å². The van der Waals surface area contributed by atoms with Crippen LogP contribution < -0.4 is 5.32 Å². The monoisotopic (exact) mass is 195 g/mol. The molecule has 2 aliphatic rings. The van der Waals surface area contributed by atoms with E-state index in [1.165, 1.54) is 44.9 Å². The Morgan fingerprint density at radius 2 is 1.64 bits per heavy atom. The first-order chi connectivity index (χ1) is 6.75. The Morgan fingerprint density at radius 1 is 0.929 bits per heavy atom. The molecule has 0 heterocycles. The zero-order valence-corrected chi connectivity index (χ0v) is 9.76. The smallest absolute Gasteiger partial charge is 0.00952 e. The summed E-state index contributed by atoms with van der Waals surface area (Å²) < 4.78 is 0. The van der Waals surface area contributed by atoms with Crippen LogP contribution in [0.4, 0.5) is 0 Å². The van der Waals surface area contributed by atoms with Gasteiger partial charge in [0.25, 0.3) is 0 Å². The van der Waals surface area contributed by atoms with E-state index in [1.54, 1.807) is 0 Å². The summed E-state index contributed by atoms with van der Waals surface area (Å²) in [7, 11) is 0. The van der Waals surface area contributed by atoms with Gasteiger partial charge in [-0.2, -0.15) is 0 Å². The summed E-state index contributed by atoms with van der Waals surface area (Å²) in [5.74, 6) is 1.89. The van der Waals surface area contributed by atoms with Crippen molar-refractivity contribution in [2.24, 2.45) is 11.8 Å². The van der Waals surface area contributed by atoms with Crippen molar-refractivity contribution < 1.29 is 0 Å². The van der Waals surface area contributed by atoms with Crippen LogP contribution in [0.1, 0.15) is 58.8 Å². The van der Waals surface area contributed by atoms with Gasteiger partial charge < -0.3 is 5.32 Å². The first-order valence-electron chi connectivity index (χ1n) is 6.51. The molecule has 0 radical (unpaired) electrons. The lowest BCUT2D eigenvalue weighted by atomic mass is 9.80. The minimum Gasteiger partial charge on any atom is -0.311 e. The lowest BCUT2D eigenvalue weighted by Crippen LogP contribution is -2.47. The van der Waals surface area contributed by atoms with Crippen molar-refractivity contribution in [2.45, 2.75) is 70.9 Å². The quantitative estimate of drug-likeness (QED) is 0.666. The van der Waals surface area contributed by atoms with Crippen molar-refractivity contribution in [1.29, 1.82) is 0 Å². The zero-order valence-electron chi connectivity index (χ0n) is 9.76. The Hall–Kier alpha value is -0.0400. The highest BCUT2D eigenvalue weighted by molar-refractivity contribution is 4.87. The van der Waals surface area contributed by atoms with Crippen LogP contribution in [0.5, 0.6) is 0 Å². The second-order valence-electron chi connectivity index (χ2n) is 5.66. The van der Waals surface area contributed by atoms with E-state index in [1.807, 2.05) is 0 Å². The SMILES string of the molecule is CC1CC(NC2CCCCCC2C)C1. The van der Waals surface area contributed by atoms with Gasteiger partial charge in [-0.25, -0.2) is 0 Å². The van der Waals surface area contributed by atoms with Crippen molar-refractivity contribution in [3.8, 4) is 0 Å². The summed E-state index contributed by atoms with van der Waals surface area (Å²) in [4.78, 5) is 0. The average molecular weight is 195 g/mol. The van der Waals surface area contributed by atoms with Gasteiger partial charge in [-0.3, -0.25) is 0 Å². The maximum Gasteiger partial charge on any atom is 0.00952 e. The van der Waals surface area contributed by atoms with E-state index in [4.69, 9.17) is 0 Å². The topological polar surface area (TPSA) is 12.0 Å². The third-order valence-corrected chi connectivity index (χ3v) is 4.19. The highest BCUT2D eigenvalue weighted by atomic mass is 15.0. The van der Waals surface area contributed by atoms with Crippen LogP contribution >= 0.6 is 0 Å². The van der Waals surface area contributed by atoms with Crippen molar-refractivity contribution in [3.05, 3.63) is 0 Å². The summed E-state index contributed by atoms with van der Waals surface area (Å²) in [6.45, 7) is 4.81. The Labute approximate surface area is 88.7 Å². The summed E-state index contributed by atoms with van der Waals surface area (Å²) in [6.07, 6.45) is 10.1. The lowest BCUT2D eigenvalue weighted by molar-refractivity contribution is 0.197. The Morgan fingerprint density at radius 3 is 2.36 bits per heavy atom. The molecular weight excluding hydrogens is 170 g/mol. The molecule has 0 bridgehead atoms. The molecule has 2 rings (SSSR count). The fourth-order valence-electron chi connectivity index (χ4n) is 3.08. The molecule has 14 heavy (non-hydrogen) atoms. The molecule has 2 aliphatic carbocycles. The number of hydrogen-bond acceptors (Lipinski definition) is 1. The molecule has 2 atom stereocenters. The van der Waals surface area contributed by atoms with Crippen molar-refractivity contribution >= 4 is 0 Å². The summed E-state index contributed by atoms with van der Waals surface area (Å²) in [6, 6.07) is 1.69. The molecule has 1 nitrogen and oxygen atoms in total. The summed E-state index contributed by atoms with van der Waals surface area (Å²) in [5, 5.41) is 3.88. The van der Waals surface area contributed by atoms with Crippen LogP contribution in [0.25, 0.3) is 0 Å². The van der Waals surface area contributed by atoms with Gasteiger partial charge in [-0.1, -0.05) is 33.1 Å². The molecule has 2 fully saturated rings. The van der Waals surface area contributed by atoms with Gasteiger partial charge in [0.2, 0.25) is 0 Å². The number of hydrogen-bond donors (Lipinski definition) is 1. The van der Waals surface area contributed by atoms with Crippen LogP contribution in [0.3, 0.4) is 0 Å². The standard InChI is InChI=1S/C13H25N/c1-10-8-12(9-10)14-13-7-5-3-4-6-11(13)2/h10-14H,3-9H2,1-2H3. The predicted molar refractivity (Wildman–Crippen MR) is 61.4 cm³/mol. The molecule has 0 aromatic rings. The molecule has 0 spiro atoms. The van der Waals surface area contributed by atoms with E-state index >= 15 is 0 Å². The largest absolute Gasteiger partial charge is 0.311 e. The summed E-state index contributed by atoms with van der Waals surface area (Å²) >= 11 is 0. The van der Waals surface area contributed by atoms with E-state index in [0.717, 1.165) is 23.9 Å². The molecule has 0 aromatic heterocycles. The fraction of sp³-hybridized carbons (Fsp3) is 1.00. The first kappa shape index (κ1) is 10.5. The highest BCUT2D eigenvalue weighted by Gasteiger charge is 2.29. The van der Waals surface area contributed by atoms with Crippen molar-refractivity contribution in [3.63, 3.8) is 0 Å². The van der Waals surface area contributed by atoms with Gasteiger partial charge >= 0.3 is 0 Å². The fourth-order valence-corrected chi connectivity index (χ4v) is 3.08. The summed E-state index contributed by atoms with van der Waals surface area (Å²) in [5.41, 5.74) is 0.